The van der Waals surface area contributed by atoms with E-state index < -0.39 is 16.0 Å². The lowest BCUT2D eigenvalue weighted by atomic mass is 10.2. The van der Waals surface area contributed by atoms with Crippen molar-refractivity contribution in [2.45, 2.75) is 11.8 Å². The van der Waals surface area contributed by atoms with Crippen molar-refractivity contribution < 1.29 is 22.1 Å². The van der Waals surface area contributed by atoms with Crippen LogP contribution < -0.4 is 14.7 Å². The van der Waals surface area contributed by atoms with Gasteiger partial charge in [-0.05, 0) is 54.6 Å². The third-order valence-electron chi connectivity index (χ3n) is 3.63. The number of methoxy groups -OCH3 is 1. The second-order valence-electron chi connectivity index (χ2n) is 5.63. The number of hydrogen-bond donors (Lipinski definition) is 1. The summed E-state index contributed by atoms with van der Waals surface area (Å²) in [5.41, 5.74) is 7.01. The highest BCUT2D eigenvalue weighted by atomic mass is 32.2. The Morgan fingerprint density at radius 3 is 2.41 bits per heavy atom. The maximum atomic E-state index is 12.5. The summed E-state index contributed by atoms with van der Waals surface area (Å²) in [5, 5.41) is 0.165. The molecule has 0 atom stereocenters. The summed E-state index contributed by atoms with van der Waals surface area (Å²) in [6.45, 7) is 1.86. The highest BCUT2D eigenvalue weighted by Gasteiger charge is 2.21. The standard InChI is InChI=1S/C18H16N2O5S2/c1-11-3-6-13(7-4-11)27(22,23)25-15-9-12(5-8-14(15)24-2)10-16-17(21)20-18(19)26-16/h3-10H,1-2H3,(H2,19,20,21)/b16-10+. The van der Waals surface area contributed by atoms with E-state index in [4.69, 9.17) is 14.7 Å². The number of ether oxygens (including phenoxy) is 1. The van der Waals surface area contributed by atoms with Crippen LogP contribution in [0.4, 0.5) is 0 Å². The van der Waals surface area contributed by atoms with Crippen molar-refractivity contribution in [3.63, 3.8) is 0 Å². The van der Waals surface area contributed by atoms with E-state index in [0.717, 1.165) is 17.3 Å². The normalized spacial score (nSPS) is 15.7. The minimum absolute atomic E-state index is 0.0109. The maximum absolute atomic E-state index is 12.5. The van der Waals surface area contributed by atoms with Crippen molar-refractivity contribution in [1.82, 2.24) is 0 Å². The average Bonchev–Trinajstić information content (AvgIpc) is 2.92. The van der Waals surface area contributed by atoms with Gasteiger partial charge in [-0.2, -0.15) is 13.4 Å². The monoisotopic (exact) mass is 404 g/mol. The first-order valence-corrected chi connectivity index (χ1v) is 9.98. The molecule has 1 heterocycles. The van der Waals surface area contributed by atoms with Crippen molar-refractivity contribution in [3.05, 3.63) is 58.5 Å². The van der Waals surface area contributed by atoms with E-state index in [1.165, 1.54) is 25.3 Å². The number of thioether (sulfide) groups is 1. The van der Waals surface area contributed by atoms with Gasteiger partial charge in [-0.15, -0.1) is 0 Å². The molecule has 0 aromatic heterocycles. The summed E-state index contributed by atoms with van der Waals surface area (Å²) in [5.74, 6) is -0.186. The summed E-state index contributed by atoms with van der Waals surface area (Å²) in [7, 11) is -2.64. The molecule has 0 unspecified atom stereocenters. The molecule has 0 aliphatic carbocycles. The number of aliphatic imine (C=N–C) groups is 1. The quantitative estimate of drug-likeness (QED) is 0.603. The maximum Gasteiger partial charge on any atom is 0.339 e. The molecule has 0 bridgehead atoms. The lowest BCUT2D eigenvalue weighted by molar-refractivity contribution is -0.113. The van der Waals surface area contributed by atoms with Gasteiger partial charge in [-0.3, -0.25) is 4.79 Å². The smallest absolute Gasteiger partial charge is 0.339 e. The van der Waals surface area contributed by atoms with Crippen LogP contribution in [0.1, 0.15) is 11.1 Å². The lowest BCUT2D eigenvalue weighted by Crippen LogP contribution is -2.10. The van der Waals surface area contributed by atoms with Crippen molar-refractivity contribution in [2.75, 3.05) is 7.11 Å². The SMILES string of the molecule is COc1ccc(/C=C2/SC(N)=NC2=O)cc1OS(=O)(=O)c1ccc(C)cc1. The Bertz CT molecular complexity index is 1060. The van der Waals surface area contributed by atoms with E-state index in [1.54, 1.807) is 30.3 Å². The van der Waals surface area contributed by atoms with Gasteiger partial charge in [0.2, 0.25) is 0 Å². The van der Waals surface area contributed by atoms with Gasteiger partial charge in [0.1, 0.15) is 4.90 Å². The average molecular weight is 404 g/mol. The Morgan fingerprint density at radius 1 is 1.11 bits per heavy atom. The van der Waals surface area contributed by atoms with Gasteiger partial charge >= 0.3 is 10.1 Å². The van der Waals surface area contributed by atoms with Crippen molar-refractivity contribution >= 4 is 39.0 Å². The van der Waals surface area contributed by atoms with Crippen LogP contribution in [-0.4, -0.2) is 26.6 Å². The summed E-state index contributed by atoms with van der Waals surface area (Å²) in [6, 6.07) is 11.0. The molecule has 0 spiro atoms. The minimum Gasteiger partial charge on any atom is -0.493 e. The van der Waals surface area contributed by atoms with Crippen LogP contribution in [0.5, 0.6) is 11.5 Å². The van der Waals surface area contributed by atoms with Crippen molar-refractivity contribution in [1.29, 1.82) is 0 Å². The third kappa shape index (κ3) is 4.32. The predicted molar refractivity (Wildman–Crippen MR) is 104 cm³/mol. The number of carbonyl (C=O) groups is 1. The third-order valence-corrected chi connectivity index (χ3v) is 5.69. The van der Waals surface area contributed by atoms with E-state index in [0.29, 0.717) is 10.5 Å². The molecule has 9 heteroatoms. The molecule has 1 aliphatic rings. The first-order chi connectivity index (χ1) is 12.8. The molecule has 0 radical (unpaired) electrons. The molecule has 1 amide bonds. The highest BCUT2D eigenvalue weighted by molar-refractivity contribution is 8.18. The lowest BCUT2D eigenvalue weighted by Gasteiger charge is -2.12. The fourth-order valence-corrected chi connectivity index (χ4v) is 3.91. The van der Waals surface area contributed by atoms with Gasteiger partial charge in [0.05, 0.1) is 12.0 Å². The zero-order chi connectivity index (χ0) is 19.6. The fraction of sp³-hybridized carbons (Fsp3) is 0.111. The first kappa shape index (κ1) is 19.0. The van der Waals surface area contributed by atoms with E-state index in [1.807, 2.05) is 6.92 Å². The molecule has 2 aromatic carbocycles. The van der Waals surface area contributed by atoms with Crippen molar-refractivity contribution in [3.8, 4) is 11.5 Å². The van der Waals surface area contributed by atoms with Gasteiger partial charge in [0.15, 0.2) is 16.7 Å². The molecule has 140 valence electrons. The number of nitrogens with two attached hydrogens (primary N) is 1. The van der Waals surface area contributed by atoms with Crippen LogP contribution >= 0.6 is 11.8 Å². The van der Waals surface area contributed by atoms with E-state index in [-0.39, 0.29) is 21.6 Å². The molecule has 0 saturated carbocycles. The number of aryl methyl sites for hydroxylation is 1. The predicted octanol–water partition coefficient (Wildman–Crippen LogP) is 2.70. The van der Waals surface area contributed by atoms with Gasteiger partial charge in [0.25, 0.3) is 5.91 Å². The van der Waals surface area contributed by atoms with E-state index in [2.05, 4.69) is 4.99 Å². The minimum atomic E-state index is -4.04. The van der Waals surface area contributed by atoms with Gasteiger partial charge < -0.3 is 14.7 Å². The molecule has 0 saturated heterocycles. The number of amidine groups is 1. The van der Waals surface area contributed by atoms with Crippen LogP contribution in [0.3, 0.4) is 0 Å². The zero-order valence-electron chi connectivity index (χ0n) is 14.5. The number of hydrogen-bond acceptors (Lipinski definition) is 7. The first-order valence-electron chi connectivity index (χ1n) is 7.76. The molecule has 1 aliphatic heterocycles. The molecule has 7 nitrogen and oxygen atoms in total. The van der Waals surface area contributed by atoms with Crippen LogP contribution in [0.2, 0.25) is 0 Å². The van der Waals surface area contributed by atoms with Gasteiger partial charge in [-0.1, -0.05) is 23.8 Å². The van der Waals surface area contributed by atoms with Crippen LogP contribution in [0.25, 0.3) is 6.08 Å². The topological polar surface area (TPSA) is 108 Å². The molecule has 0 fully saturated rings. The molecule has 3 rings (SSSR count). The van der Waals surface area contributed by atoms with Crippen LogP contribution in [0, 0.1) is 6.92 Å². The summed E-state index contributed by atoms with van der Waals surface area (Å²) in [4.78, 5) is 15.7. The number of amides is 1. The van der Waals surface area contributed by atoms with E-state index in [9.17, 15) is 13.2 Å². The Labute approximate surface area is 161 Å². The second kappa shape index (κ2) is 7.45. The number of carbonyl (C=O) groups excluding carboxylic acids is 1. The summed E-state index contributed by atoms with van der Waals surface area (Å²) >= 11 is 1.04. The molecular weight excluding hydrogens is 388 g/mol. The molecule has 2 N–H and O–H groups in total. The highest BCUT2D eigenvalue weighted by Crippen LogP contribution is 2.33. The molecule has 27 heavy (non-hydrogen) atoms. The zero-order valence-corrected chi connectivity index (χ0v) is 16.1. The van der Waals surface area contributed by atoms with Gasteiger partial charge in [-0.25, -0.2) is 0 Å². The number of benzene rings is 2. The molecular formula is C18H16N2O5S2. The number of rotatable bonds is 5. The number of nitrogens with zero attached hydrogens (tertiary/aromatic N) is 1. The largest absolute Gasteiger partial charge is 0.493 e. The fourth-order valence-electron chi connectivity index (χ4n) is 2.30. The van der Waals surface area contributed by atoms with Crippen LogP contribution in [-0.2, 0) is 14.9 Å². The Morgan fingerprint density at radius 2 is 1.81 bits per heavy atom. The van der Waals surface area contributed by atoms with Gasteiger partial charge in [0, 0.05) is 0 Å². The van der Waals surface area contributed by atoms with Crippen molar-refractivity contribution in [2.24, 2.45) is 10.7 Å². The summed E-state index contributed by atoms with van der Waals surface area (Å²) < 4.78 is 35.6. The Balaban J connectivity index is 1.94. The second-order valence-corrected chi connectivity index (χ2v) is 8.24. The van der Waals surface area contributed by atoms with Crippen LogP contribution in [0.15, 0.2) is 57.3 Å². The van der Waals surface area contributed by atoms with E-state index >= 15 is 0 Å². The Kier molecular flexibility index (Phi) is 5.24. The Hall–Kier alpha value is -2.78. The molecule has 2 aromatic rings. The summed E-state index contributed by atoms with van der Waals surface area (Å²) in [6.07, 6.45) is 1.56.